The smallest absolute Gasteiger partial charge is 0.0948 e. The molecule has 0 amide bonds. The van der Waals surface area contributed by atoms with Crippen LogP contribution in [0.3, 0.4) is 0 Å². The summed E-state index contributed by atoms with van der Waals surface area (Å²) in [5.41, 5.74) is 1.33. The molecule has 1 aliphatic rings. The molecule has 0 radical (unpaired) electrons. The van der Waals surface area contributed by atoms with Gasteiger partial charge in [0.15, 0.2) is 0 Å². The molecule has 0 bridgehead atoms. The van der Waals surface area contributed by atoms with Gasteiger partial charge < -0.3 is 14.8 Å². The van der Waals surface area contributed by atoms with Crippen molar-refractivity contribution in [1.29, 1.82) is 0 Å². The molecule has 0 aliphatic carbocycles. The van der Waals surface area contributed by atoms with Crippen molar-refractivity contribution < 1.29 is 0 Å². The van der Waals surface area contributed by atoms with Crippen molar-refractivity contribution in [2.75, 3.05) is 26.2 Å². The minimum absolute atomic E-state index is 0.821. The van der Waals surface area contributed by atoms with Gasteiger partial charge in [0.05, 0.1) is 12.0 Å². The van der Waals surface area contributed by atoms with E-state index in [-0.39, 0.29) is 0 Å². The SMILES string of the molecule is CCCNCc1cncn1CC1CCN(CC)CC1. The Morgan fingerprint density at radius 2 is 2.11 bits per heavy atom. The summed E-state index contributed by atoms with van der Waals surface area (Å²) in [5.74, 6) is 0.821. The molecule has 1 aromatic heterocycles. The van der Waals surface area contributed by atoms with E-state index in [4.69, 9.17) is 0 Å². The van der Waals surface area contributed by atoms with Crippen molar-refractivity contribution in [3.05, 3.63) is 18.2 Å². The van der Waals surface area contributed by atoms with Crippen molar-refractivity contribution in [2.45, 2.75) is 46.2 Å². The Hall–Kier alpha value is -0.870. The summed E-state index contributed by atoms with van der Waals surface area (Å²) in [6.07, 6.45) is 7.84. The van der Waals surface area contributed by atoms with Crippen LogP contribution in [0, 0.1) is 5.92 Å². The van der Waals surface area contributed by atoms with Crippen molar-refractivity contribution in [3.8, 4) is 0 Å². The Balaban J connectivity index is 1.81. The summed E-state index contributed by atoms with van der Waals surface area (Å²) >= 11 is 0. The minimum atomic E-state index is 0.821. The van der Waals surface area contributed by atoms with Crippen LogP contribution in [0.25, 0.3) is 0 Å². The minimum Gasteiger partial charge on any atom is -0.333 e. The van der Waals surface area contributed by atoms with Crippen molar-refractivity contribution in [3.63, 3.8) is 0 Å². The molecule has 1 fully saturated rings. The van der Waals surface area contributed by atoms with Crippen LogP contribution in [-0.4, -0.2) is 40.6 Å². The molecule has 19 heavy (non-hydrogen) atoms. The Morgan fingerprint density at radius 3 is 2.79 bits per heavy atom. The molecule has 2 rings (SSSR count). The second kappa shape index (κ2) is 7.65. The Bertz CT molecular complexity index is 353. The first kappa shape index (κ1) is 14.5. The van der Waals surface area contributed by atoms with Gasteiger partial charge in [0.2, 0.25) is 0 Å². The predicted octanol–water partition coefficient (Wildman–Crippen LogP) is 2.11. The van der Waals surface area contributed by atoms with Gasteiger partial charge in [0.25, 0.3) is 0 Å². The van der Waals surface area contributed by atoms with Gasteiger partial charge in [0.1, 0.15) is 0 Å². The zero-order valence-corrected chi connectivity index (χ0v) is 12.4. The third-order valence-electron chi connectivity index (χ3n) is 4.14. The standard InChI is InChI=1S/C15H28N4/c1-3-7-16-10-15-11-17-13-19(15)12-14-5-8-18(4-2)9-6-14/h11,13-14,16H,3-10,12H2,1-2H3. The second-order valence-electron chi connectivity index (χ2n) is 5.59. The maximum atomic E-state index is 4.31. The number of imidazole rings is 1. The largest absolute Gasteiger partial charge is 0.333 e. The Labute approximate surface area is 117 Å². The van der Waals surface area contributed by atoms with Gasteiger partial charge in [-0.1, -0.05) is 13.8 Å². The van der Waals surface area contributed by atoms with Gasteiger partial charge in [-0.2, -0.15) is 0 Å². The number of rotatable bonds is 7. The second-order valence-corrected chi connectivity index (χ2v) is 5.59. The molecule has 0 unspecified atom stereocenters. The highest BCUT2D eigenvalue weighted by atomic mass is 15.1. The monoisotopic (exact) mass is 264 g/mol. The number of hydrogen-bond donors (Lipinski definition) is 1. The zero-order valence-electron chi connectivity index (χ0n) is 12.4. The lowest BCUT2D eigenvalue weighted by molar-refractivity contribution is 0.180. The molecular formula is C15H28N4. The van der Waals surface area contributed by atoms with Crippen molar-refractivity contribution >= 4 is 0 Å². The molecule has 2 heterocycles. The molecule has 0 spiro atoms. The summed E-state index contributed by atoms with van der Waals surface area (Å²) in [6, 6.07) is 0. The lowest BCUT2D eigenvalue weighted by Gasteiger charge is -2.31. The van der Waals surface area contributed by atoms with E-state index in [1.807, 2.05) is 12.5 Å². The van der Waals surface area contributed by atoms with E-state index in [0.29, 0.717) is 0 Å². The lowest BCUT2D eigenvalue weighted by atomic mass is 9.96. The van der Waals surface area contributed by atoms with E-state index in [1.165, 1.54) is 44.6 Å². The molecule has 0 atom stereocenters. The van der Waals surface area contributed by atoms with Gasteiger partial charge in [-0.15, -0.1) is 0 Å². The van der Waals surface area contributed by atoms with Gasteiger partial charge in [-0.3, -0.25) is 0 Å². The van der Waals surface area contributed by atoms with Crippen LogP contribution >= 0.6 is 0 Å². The summed E-state index contributed by atoms with van der Waals surface area (Å²) in [6.45, 7) is 11.4. The highest BCUT2D eigenvalue weighted by Gasteiger charge is 2.18. The predicted molar refractivity (Wildman–Crippen MR) is 79.1 cm³/mol. The van der Waals surface area contributed by atoms with Crippen LogP contribution in [-0.2, 0) is 13.1 Å². The van der Waals surface area contributed by atoms with E-state index in [2.05, 4.69) is 33.6 Å². The molecule has 1 N–H and O–H groups in total. The van der Waals surface area contributed by atoms with Crippen LogP contribution in [0.5, 0.6) is 0 Å². The molecule has 4 nitrogen and oxygen atoms in total. The Morgan fingerprint density at radius 1 is 1.32 bits per heavy atom. The zero-order chi connectivity index (χ0) is 13.5. The third-order valence-corrected chi connectivity index (χ3v) is 4.14. The molecule has 4 heteroatoms. The number of nitrogens with one attached hydrogen (secondary N) is 1. The molecule has 0 saturated carbocycles. The van der Waals surface area contributed by atoms with Crippen LogP contribution in [0.15, 0.2) is 12.5 Å². The number of piperidine rings is 1. The summed E-state index contributed by atoms with van der Waals surface area (Å²) < 4.78 is 2.34. The fourth-order valence-electron chi connectivity index (χ4n) is 2.82. The van der Waals surface area contributed by atoms with Crippen LogP contribution < -0.4 is 5.32 Å². The molecular weight excluding hydrogens is 236 g/mol. The Kier molecular flexibility index (Phi) is 5.86. The average Bonchev–Trinajstić information content (AvgIpc) is 2.87. The van der Waals surface area contributed by atoms with E-state index in [9.17, 15) is 0 Å². The summed E-state index contributed by atoms with van der Waals surface area (Å²) in [5, 5.41) is 3.46. The molecule has 1 aromatic rings. The van der Waals surface area contributed by atoms with E-state index in [1.54, 1.807) is 0 Å². The van der Waals surface area contributed by atoms with Crippen LogP contribution in [0.2, 0.25) is 0 Å². The van der Waals surface area contributed by atoms with Gasteiger partial charge in [-0.05, 0) is 51.4 Å². The van der Waals surface area contributed by atoms with Gasteiger partial charge in [0, 0.05) is 19.3 Å². The number of hydrogen-bond acceptors (Lipinski definition) is 3. The van der Waals surface area contributed by atoms with E-state index in [0.717, 1.165) is 25.6 Å². The maximum absolute atomic E-state index is 4.31. The van der Waals surface area contributed by atoms with Gasteiger partial charge >= 0.3 is 0 Å². The molecule has 1 aliphatic heterocycles. The highest BCUT2D eigenvalue weighted by Crippen LogP contribution is 2.19. The quantitative estimate of drug-likeness (QED) is 0.766. The summed E-state index contributed by atoms with van der Waals surface area (Å²) in [7, 11) is 0. The fraction of sp³-hybridized carbons (Fsp3) is 0.800. The first-order valence-corrected chi connectivity index (χ1v) is 7.75. The molecule has 0 aromatic carbocycles. The maximum Gasteiger partial charge on any atom is 0.0948 e. The number of likely N-dealkylation sites (tertiary alicyclic amines) is 1. The molecule has 1 saturated heterocycles. The van der Waals surface area contributed by atoms with Crippen molar-refractivity contribution in [2.24, 2.45) is 5.92 Å². The topological polar surface area (TPSA) is 33.1 Å². The first-order chi connectivity index (χ1) is 9.33. The number of aromatic nitrogens is 2. The van der Waals surface area contributed by atoms with Gasteiger partial charge in [-0.25, -0.2) is 4.98 Å². The van der Waals surface area contributed by atoms with Crippen molar-refractivity contribution in [1.82, 2.24) is 19.8 Å². The van der Waals surface area contributed by atoms with Crippen LogP contribution in [0.1, 0.15) is 38.8 Å². The summed E-state index contributed by atoms with van der Waals surface area (Å²) in [4.78, 5) is 6.86. The van der Waals surface area contributed by atoms with Crippen LogP contribution in [0.4, 0.5) is 0 Å². The fourth-order valence-corrected chi connectivity index (χ4v) is 2.82. The number of nitrogens with zero attached hydrogens (tertiary/aromatic N) is 3. The molecule has 108 valence electrons. The van der Waals surface area contributed by atoms with E-state index >= 15 is 0 Å². The highest BCUT2D eigenvalue weighted by molar-refractivity contribution is 4.98. The lowest BCUT2D eigenvalue weighted by Crippen LogP contribution is -2.34. The normalized spacial score (nSPS) is 18.0. The average molecular weight is 264 g/mol. The van der Waals surface area contributed by atoms with E-state index < -0.39 is 0 Å². The first-order valence-electron chi connectivity index (χ1n) is 7.75. The third kappa shape index (κ3) is 4.32.